The molecule has 0 aliphatic carbocycles. The van der Waals surface area contributed by atoms with Crippen molar-refractivity contribution in [2.45, 2.75) is 38.6 Å². The van der Waals surface area contributed by atoms with Crippen molar-refractivity contribution in [2.75, 3.05) is 26.5 Å². The number of hydrogen-bond acceptors (Lipinski definition) is 4. The van der Waals surface area contributed by atoms with E-state index >= 15 is 0 Å². The SMILES string of the molecule is CCCCC1COC(c2ccc(-c3cc(F)c(C(F)(F)Oc4cc(F)c(OCCF)c(F)c4)c(F)c3)cc2)OC1. The van der Waals surface area contributed by atoms with E-state index in [9.17, 15) is 30.7 Å². The summed E-state index contributed by atoms with van der Waals surface area (Å²) in [5, 5.41) is 0. The number of halogens is 7. The molecule has 0 spiro atoms. The molecule has 4 rings (SSSR count). The molecular formula is C29H27F7O4. The Morgan fingerprint density at radius 2 is 1.45 bits per heavy atom. The van der Waals surface area contributed by atoms with Gasteiger partial charge in [-0.25, -0.2) is 22.0 Å². The highest BCUT2D eigenvalue weighted by Crippen LogP contribution is 2.39. The van der Waals surface area contributed by atoms with Crippen LogP contribution in [-0.2, 0) is 15.6 Å². The molecule has 0 atom stereocenters. The first-order valence-electron chi connectivity index (χ1n) is 12.7. The Kier molecular flexibility index (Phi) is 9.57. The summed E-state index contributed by atoms with van der Waals surface area (Å²) < 4.78 is 120. The van der Waals surface area contributed by atoms with Gasteiger partial charge in [-0.2, -0.15) is 8.78 Å². The van der Waals surface area contributed by atoms with Crippen molar-refractivity contribution < 1.29 is 49.7 Å². The number of alkyl halides is 3. The predicted octanol–water partition coefficient (Wildman–Crippen LogP) is 8.24. The Hall–Kier alpha value is -3.31. The average Bonchev–Trinajstić information content (AvgIpc) is 2.91. The molecule has 4 nitrogen and oxygen atoms in total. The Bertz CT molecular complexity index is 1250. The van der Waals surface area contributed by atoms with Crippen molar-refractivity contribution in [1.29, 1.82) is 0 Å². The second-order valence-electron chi connectivity index (χ2n) is 9.32. The zero-order valence-electron chi connectivity index (χ0n) is 21.5. The van der Waals surface area contributed by atoms with Crippen molar-refractivity contribution in [3.8, 4) is 22.6 Å². The smallest absolute Gasteiger partial charge is 0.432 e. The lowest BCUT2D eigenvalue weighted by molar-refractivity contribution is -0.206. The summed E-state index contributed by atoms with van der Waals surface area (Å²) in [5.74, 6) is -7.93. The van der Waals surface area contributed by atoms with Gasteiger partial charge in [-0.1, -0.05) is 44.0 Å². The Morgan fingerprint density at radius 3 is 2.00 bits per heavy atom. The van der Waals surface area contributed by atoms with Crippen molar-refractivity contribution >= 4 is 0 Å². The summed E-state index contributed by atoms with van der Waals surface area (Å²) in [6.07, 6.45) is -2.04. The molecule has 11 heteroatoms. The van der Waals surface area contributed by atoms with E-state index < -0.39 is 66.0 Å². The van der Waals surface area contributed by atoms with Gasteiger partial charge in [0.05, 0.1) is 13.2 Å². The number of hydrogen-bond donors (Lipinski definition) is 0. The van der Waals surface area contributed by atoms with Crippen LogP contribution in [0.1, 0.15) is 43.6 Å². The van der Waals surface area contributed by atoms with E-state index in [1.165, 1.54) is 0 Å². The molecule has 0 radical (unpaired) electrons. The maximum absolute atomic E-state index is 14.8. The van der Waals surface area contributed by atoms with Crippen LogP contribution in [0, 0.1) is 29.2 Å². The fourth-order valence-corrected chi connectivity index (χ4v) is 4.32. The highest BCUT2D eigenvalue weighted by Gasteiger charge is 2.41. The highest BCUT2D eigenvalue weighted by atomic mass is 19.3. The summed E-state index contributed by atoms with van der Waals surface area (Å²) in [6, 6.07) is 8.47. The molecule has 1 fully saturated rings. The van der Waals surface area contributed by atoms with Crippen LogP contribution in [0.5, 0.6) is 11.5 Å². The largest absolute Gasteiger partial charge is 0.485 e. The Balaban J connectivity index is 1.48. The molecule has 216 valence electrons. The van der Waals surface area contributed by atoms with Crippen LogP contribution in [0.3, 0.4) is 0 Å². The van der Waals surface area contributed by atoms with E-state index in [0.717, 1.165) is 19.3 Å². The molecule has 1 aliphatic heterocycles. The van der Waals surface area contributed by atoms with Crippen LogP contribution in [0.15, 0.2) is 48.5 Å². The first-order chi connectivity index (χ1) is 19.1. The van der Waals surface area contributed by atoms with Gasteiger partial charge in [0.25, 0.3) is 0 Å². The molecule has 0 unspecified atom stereocenters. The molecule has 0 bridgehead atoms. The van der Waals surface area contributed by atoms with E-state index in [4.69, 9.17) is 9.47 Å². The van der Waals surface area contributed by atoms with E-state index in [0.29, 0.717) is 54.5 Å². The van der Waals surface area contributed by atoms with Crippen molar-refractivity contribution in [3.63, 3.8) is 0 Å². The molecule has 0 N–H and O–H groups in total. The summed E-state index contributed by atoms with van der Waals surface area (Å²) in [6.45, 7) is 1.50. The molecule has 3 aromatic carbocycles. The Labute approximate surface area is 226 Å². The summed E-state index contributed by atoms with van der Waals surface area (Å²) in [7, 11) is 0. The normalized spacial score (nSPS) is 17.6. The van der Waals surface area contributed by atoms with E-state index in [-0.39, 0.29) is 5.56 Å². The summed E-state index contributed by atoms with van der Waals surface area (Å²) >= 11 is 0. The van der Waals surface area contributed by atoms with Gasteiger partial charge < -0.3 is 18.9 Å². The molecule has 1 saturated heterocycles. The number of unbranched alkanes of at least 4 members (excludes halogenated alkanes) is 1. The maximum Gasteiger partial charge on any atom is 0.432 e. The number of ether oxygens (including phenoxy) is 4. The highest BCUT2D eigenvalue weighted by molar-refractivity contribution is 5.64. The van der Waals surface area contributed by atoms with Crippen LogP contribution in [-0.4, -0.2) is 26.5 Å². The molecule has 1 heterocycles. The average molecular weight is 573 g/mol. The molecule has 40 heavy (non-hydrogen) atoms. The molecule has 0 saturated carbocycles. The topological polar surface area (TPSA) is 36.9 Å². The van der Waals surface area contributed by atoms with Crippen molar-refractivity contribution in [2.24, 2.45) is 5.92 Å². The number of rotatable bonds is 11. The van der Waals surface area contributed by atoms with Crippen LogP contribution in [0.4, 0.5) is 30.7 Å². The Morgan fingerprint density at radius 1 is 0.850 bits per heavy atom. The third kappa shape index (κ3) is 6.87. The number of benzene rings is 3. The van der Waals surface area contributed by atoms with Crippen molar-refractivity contribution in [1.82, 2.24) is 0 Å². The van der Waals surface area contributed by atoms with Gasteiger partial charge in [-0.05, 0) is 29.7 Å². The quantitative estimate of drug-likeness (QED) is 0.217. The minimum atomic E-state index is -4.64. The van der Waals surface area contributed by atoms with Gasteiger partial charge in [0.1, 0.15) is 36.2 Å². The van der Waals surface area contributed by atoms with Crippen LogP contribution in [0.25, 0.3) is 11.1 Å². The molecule has 0 amide bonds. The van der Waals surface area contributed by atoms with Gasteiger partial charge in [-0.3, -0.25) is 0 Å². The lowest BCUT2D eigenvalue weighted by Gasteiger charge is -2.29. The molecule has 0 aromatic heterocycles. The van der Waals surface area contributed by atoms with Gasteiger partial charge in [-0.15, -0.1) is 0 Å². The van der Waals surface area contributed by atoms with Gasteiger partial charge in [0.2, 0.25) is 0 Å². The maximum atomic E-state index is 14.8. The first-order valence-corrected chi connectivity index (χ1v) is 12.7. The molecular weight excluding hydrogens is 545 g/mol. The van der Waals surface area contributed by atoms with E-state index in [1.54, 1.807) is 24.3 Å². The van der Waals surface area contributed by atoms with E-state index in [2.05, 4.69) is 16.4 Å². The first kappa shape index (κ1) is 29.7. The van der Waals surface area contributed by atoms with Gasteiger partial charge in [0.15, 0.2) is 23.7 Å². The molecule has 1 aliphatic rings. The second-order valence-corrected chi connectivity index (χ2v) is 9.32. The minimum absolute atomic E-state index is 0.0299. The van der Waals surface area contributed by atoms with Gasteiger partial charge in [0, 0.05) is 23.6 Å². The van der Waals surface area contributed by atoms with Crippen LogP contribution < -0.4 is 9.47 Å². The predicted molar refractivity (Wildman–Crippen MR) is 132 cm³/mol. The second kappa shape index (κ2) is 12.9. The third-order valence-corrected chi connectivity index (χ3v) is 6.32. The third-order valence-electron chi connectivity index (χ3n) is 6.32. The standard InChI is InChI=1S/C29H27F7O4/c1-2-3-4-17-15-38-28(39-16-17)19-7-5-18(6-8-19)20-11-22(31)26(23(32)12-20)29(35,36)40-21-13-24(33)27(25(34)14-21)37-10-9-30/h5-8,11-14,17,28H,2-4,9-10,15-16H2,1H3. The zero-order valence-corrected chi connectivity index (χ0v) is 21.5. The summed E-state index contributed by atoms with van der Waals surface area (Å²) in [4.78, 5) is 0. The fraction of sp³-hybridized carbons (Fsp3) is 0.379. The lowest BCUT2D eigenvalue weighted by atomic mass is 10.0. The summed E-state index contributed by atoms with van der Waals surface area (Å²) in [5.41, 5.74) is -0.747. The fourth-order valence-electron chi connectivity index (χ4n) is 4.32. The monoisotopic (exact) mass is 572 g/mol. The molecule has 3 aromatic rings. The van der Waals surface area contributed by atoms with E-state index in [1.807, 2.05) is 0 Å². The minimum Gasteiger partial charge on any atom is -0.485 e. The van der Waals surface area contributed by atoms with Gasteiger partial charge >= 0.3 is 6.11 Å². The van der Waals surface area contributed by atoms with Crippen LogP contribution in [0.2, 0.25) is 0 Å². The lowest BCUT2D eigenvalue weighted by Crippen LogP contribution is -2.27. The van der Waals surface area contributed by atoms with Crippen molar-refractivity contribution in [3.05, 3.63) is 82.9 Å². The zero-order chi connectivity index (χ0) is 28.9. The van der Waals surface area contributed by atoms with Crippen LogP contribution >= 0.6 is 0 Å².